The number of aryl methyl sites for hydroxylation is 1. The number of nitrogens with one attached hydrogen (secondary N) is 1. The summed E-state index contributed by atoms with van der Waals surface area (Å²) in [5, 5.41) is 12.5. The zero-order valence-corrected chi connectivity index (χ0v) is 25.2. The van der Waals surface area contributed by atoms with E-state index in [0.717, 1.165) is 42.1 Å². The van der Waals surface area contributed by atoms with E-state index in [4.69, 9.17) is 0 Å². The van der Waals surface area contributed by atoms with Gasteiger partial charge in [-0.25, -0.2) is 4.79 Å². The van der Waals surface area contributed by atoms with Crippen molar-refractivity contribution in [3.8, 4) is 11.1 Å². The number of carbonyl (C=O) groups is 2. The van der Waals surface area contributed by atoms with Crippen molar-refractivity contribution in [1.82, 2.24) is 10.2 Å². The summed E-state index contributed by atoms with van der Waals surface area (Å²) in [7, 11) is 0. The molecule has 3 rings (SSSR count). The zero-order valence-electron chi connectivity index (χ0n) is 24.4. The molecule has 2 N–H and O–H groups in total. The molecule has 2 atom stereocenters. The van der Waals surface area contributed by atoms with Gasteiger partial charge in [-0.2, -0.15) is 11.8 Å². The maximum atomic E-state index is 13.4. The third-order valence-corrected chi connectivity index (χ3v) is 8.89. The molecule has 1 amide bonds. The van der Waals surface area contributed by atoms with Crippen molar-refractivity contribution < 1.29 is 14.7 Å². The quantitative estimate of drug-likeness (QED) is 0.239. The Labute approximate surface area is 240 Å². The second-order valence-electron chi connectivity index (χ2n) is 11.2. The monoisotopic (exact) mass is 552 g/mol. The molecule has 5 nitrogen and oxygen atoms in total. The van der Waals surface area contributed by atoms with Gasteiger partial charge in [0.25, 0.3) is 5.91 Å². The first kappa shape index (κ1) is 31.2. The predicted octanol–water partition coefficient (Wildman–Crippen LogP) is 7.56. The number of nitrogens with zero attached hydrogens (tertiary/aromatic N) is 1. The van der Waals surface area contributed by atoms with Crippen LogP contribution in [0.4, 0.5) is 0 Å². The van der Waals surface area contributed by atoms with E-state index in [2.05, 4.69) is 49.2 Å². The standard InChI is InChI=1S/C33H48N2O3S/c1-5-11-25(3)35(20-18-26-13-7-6-8-14-26)23-27-16-17-29(30(22-27)28-15-10-9-12-24(28)2)32(36)34-31(33(37)38)19-21-39-4/h9-10,12,15-17,22,25-26,31H,5-8,11,13-14,18-21,23H2,1-4H3,(H,34,36)(H,37,38)/t25-,31+/m1/s1. The molecular formula is C33H48N2O3S. The van der Waals surface area contributed by atoms with E-state index in [1.165, 1.54) is 50.5 Å². The van der Waals surface area contributed by atoms with E-state index in [1.807, 2.05) is 30.5 Å². The Morgan fingerprint density at radius 3 is 2.49 bits per heavy atom. The summed E-state index contributed by atoms with van der Waals surface area (Å²) >= 11 is 1.58. The first-order chi connectivity index (χ1) is 18.8. The Hall–Kier alpha value is -2.31. The smallest absolute Gasteiger partial charge is 0.326 e. The lowest BCUT2D eigenvalue weighted by Gasteiger charge is -2.32. The van der Waals surface area contributed by atoms with E-state index >= 15 is 0 Å². The number of benzene rings is 2. The van der Waals surface area contributed by atoms with Crippen LogP contribution >= 0.6 is 11.8 Å². The fourth-order valence-corrected chi connectivity index (χ4v) is 6.30. The van der Waals surface area contributed by atoms with Gasteiger partial charge < -0.3 is 10.4 Å². The summed E-state index contributed by atoms with van der Waals surface area (Å²) in [4.78, 5) is 27.9. The largest absolute Gasteiger partial charge is 0.480 e. The topological polar surface area (TPSA) is 69.6 Å². The van der Waals surface area contributed by atoms with E-state index in [1.54, 1.807) is 11.8 Å². The molecule has 0 bridgehead atoms. The maximum absolute atomic E-state index is 13.4. The van der Waals surface area contributed by atoms with Crippen molar-refractivity contribution in [1.29, 1.82) is 0 Å². The van der Waals surface area contributed by atoms with Crippen LogP contribution in [-0.2, 0) is 11.3 Å². The fraction of sp³-hybridized carbons (Fsp3) is 0.576. The molecule has 0 spiro atoms. The molecule has 6 heteroatoms. The lowest BCUT2D eigenvalue weighted by molar-refractivity contribution is -0.139. The highest BCUT2D eigenvalue weighted by atomic mass is 32.2. The number of hydrogen-bond donors (Lipinski definition) is 2. The second-order valence-corrected chi connectivity index (χ2v) is 12.2. The number of hydrogen-bond acceptors (Lipinski definition) is 4. The molecule has 39 heavy (non-hydrogen) atoms. The molecule has 214 valence electrons. The minimum atomic E-state index is -0.995. The van der Waals surface area contributed by atoms with Crippen LogP contribution in [0.25, 0.3) is 11.1 Å². The highest BCUT2D eigenvalue weighted by Crippen LogP contribution is 2.30. The number of carboxylic acid groups (broad SMARTS) is 1. The first-order valence-electron chi connectivity index (χ1n) is 14.8. The van der Waals surface area contributed by atoms with Gasteiger partial charge in [0.2, 0.25) is 0 Å². The summed E-state index contributed by atoms with van der Waals surface area (Å²) in [6, 6.07) is 13.8. The highest BCUT2D eigenvalue weighted by molar-refractivity contribution is 7.98. The molecule has 2 aromatic rings. The predicted molar refractivity (Wildman–Crippen MR) is 164 cm³/mol. The van der Waals surface area contributed by atoms with Crippen LogP contribution in [0, 0.1) is 12.8 Å². The zero-order chi connectivity index (χ0) is 28.2. The Kier molecular flexibility index (Phi) is 12.9. The van der Waals surface area contributed by atoms with Crippen molar-refractivity contribution in [3.05, 3.63) is 59.2 Å². The molecule has 1 aliphatic rings. The Morgan fingerprint density at radius 1 is 1.08 bits per heavy atom. The van der Waals surface area contributed by atoms with Gasteiger partial charge in [-0.15, -0.1) is 0 Å². The summed E-state index contributed by atoms with van der Waals surface area (Å²) in [6.07, 6.45) is 12.8. The molecule has 1 fully saturated rings. The Balaban J connectivity index is 1.89. The van der Waals surface area contributed by atoms with E-state index < -0.39 is 12.0 Å². The third kappa shape index (κ3) is 9.39. The Bertz CT molecular complexity index is 1070. The van der Waals surface area contributed by atoms with Gasteiger partial charge in [-0.1, -0.05) is 75.8 Å². The molecule has 2 aromatic carbocycles. The normalized spacial score (nSPS) is 15.7. The molecule has 1 saturated carbocycles. The van der Waals surface area contributed by atoms with Crippen molar-refractivity contribution in [2.75, 3.05) is 18.6 Å². The second kappa shape index (κ2) is 16.1. The summed E-state index contributed by atoms with van der Waals surface area (Å²) < 4.78 is 0. The number of amides is 1. The average Bonchev–Trinajstić information content (AvgIpc) is 2.93. The molecule has 0 unspecified atom stereocenters. The van der Waals surface area contributed by atoms with Crippen molar-refractivity contribution >= 4 is 23.6 Å². The summed E-state index contributed by atoms with van der Waals surface area (Å²) in [5.41, 5.74) is 4.69. The maximum Gasteiger partial charge on any atom is 0.326 e. The third-order valence-electron chi connectivity index (χ3n) is 8.24. The van der Waals surface area contributed by atoms with Gasteiger partial charge in [0.15, 0.2) is 0 Å². The summed E-state index contributed by atoms with van der Waals surface area (Å²) in [6.45, 7) is 8.60. The van der Waals surface area contributed by atoms with Gasteiger partial charge in [-0.3, -0.25) is 9.69 Å². The van der Waals surface area contributed by atoms with Crippen LogP contribution in [0.2, 0.25) is 0 Å². The fourth-order valence-electron chi connectivity index (χ4n) is 5.83. The highest BCUT2D eigenvalue weighted by Gasteiger charge is 2.24. The molecule has 1 aliphatic carbocycles. The van der Waals surface area contributed by atoms with Crippen LogP contribution in [0.15, 0.2) is 42.5 Å². The minimum absolute atomic E-state index is 0.332. The van der Waals surface area contributed by atoms with E-state index in [-0.39, 0.29) is 5.91 Å². The molecule has 0 saturated heterocycles. The van der Waals surface area contributed by atoms with Crippen LogP contribution in [0.5, 0.6) is 0 Å². The van der Waals surface area contributed by atoms with Crippen LogP contribution in [0.1, 0.15) is 93.1 Å². The molecule has 0 aromatic heterocycles. The molecule has 0 heterocycles. The number of carbonyl (C=O) groups excluding carboxylic acids is 1. The van der Waals surface area contributed by atoms with Gasteiger partial charge in [0, 0.05) is 18.2 Å². The number of rotatable bonds is 15. The number of thioether (sulfide) groups is 1. The van der Waals surface area contributed by atoms with Gasteiger partial charge in [0.05, 0.1) is 0 Å². The van der Waals surface area contributed by atoms with E-state index in [0.29, 0.717) is 23.8 Å². The number of carboxylic acids is 1. The van der Waals surface area contributed by atoms with Crippen LogP contribution < -0.4 is 5.32 Å². The average molecular weight is 553 g/mol. The minimum Gasteiger partial charge on any atom is -0.480 e. The molecule has 0 aliphatic heterocycles. The molecule has 0 radical (unpaired) electrons. The van der Waals surface area contributed by atoms with Crippen LogP contribution in [0.3, 0.4) is 0 Å². The van der Waals surface area contributed by atoms with Crippen LogP contribution in [-0.4, -0.2) is 52.5 Å². The van der Waals surface area contributed by atoms with Gasteiger partial charge in [0.1, 0.15) is 6.04 Å². The first-order valence-corrected chi connectivity index (χ1v) is 16.2. The Morgan fingerprint density at radius 2 is 1.82 bits per heavy atom. The summed E-state index contributed by atoms with van der Waals surface area (Å²) in [5.74, 6) is 0.191. The molecular weight excluding hydrogens is 504 g/mol. The number of aliphatic carboxylic acids is 1. The van der Waals surface area contributed by atoms with Gasteiger partial charge in [-0.05, 0) is 92.0 Å². The lowest BCUT2D eigenvalue weighted by Crippen LogP contribution is -2.41. The SMILES string of the molecule is CCC[C@@H](C)N(CCC1CCCCC1)Cc1ccc(C(=O)N[C@@H](CCSC)C(=O)O)c(-c2ccccc2C)c1. The van der Waals surface area contributed by atoms with Crippen molar-refractivity contribution in [2.45, 2.75) is 97.2 Å². The van der Waals surface area contributed by atoms with Crippen molar-refractivity contribution in [2.24, 2.45) is 5.92 Å². The van der Waals surface area contributed by atoms with Gasteiger partial charge >= 0.3 is 5.97 Å². The lowest BCUT2D eigenvalue weighted by atomic mass is 9.86. The van der Waals surface area contributed by atoms with E-state index in [9.17, 15) is 14.7 Å². The van der Waals surface area contributed by atoms with Crippen molar-refractivity contribution in [3.63, 3.8) is 0 Å².